The van der Waals surface area contributed by atoms with Gasteiger partial charge in [0.05, 0.1) is 139 Å². The molecule has 0 aromatic carbocycles. The van der Waals surface area contributed by atoms with Crippen molar-refractivity contribution >= 4 is 0 Å². The lowest BCUT2D eigenvalue weighted by Gasteiger charge is -2.09. The van der Waals surface area contributed by atoms with Gasteiger partial charge in [-0.15, -0.1) is 0 Å². The molecule has 0 aliphatic rings. The van der Waals surface area contributed by atoms with Gasteiger partial charge in [0.2, 0.25) is 0 Å². The van der Waals surface area contributed by atoms with Gasteiger partial charge in [0.1, 0.15) is 6.67 Å². The molecular weight excluding hydrogens is 579 g/mol. The van der Waals surface area contributed by atoms with E-state index in [2.05, 4.69) is 6.92 Å². The number of rotatable bonds is 41. The SMILES string of the molecule is CCCCCCCCCCOCCOCCOCCOCCOCCOCCOCCOCCOCCOCCOCCF. The standard InChI is InChI=1S/C32H65FO11/c1-2-3-4-5-6-7-8-9-11-34-13-15-36-17-19-38-21-23-40-25-27-42-29-31-44-32-30-43-28-26-41-24-22-39-20-18-37-16-14-35-12-10-33/h2-32H2,1H3. The first kappa shape index (κ1) is 43.5. The summed E-state index contributed by atoms with van der Waals surface area (Å²) < 4.78 is 71.4. The number of halogens is 1. The summed E-state index contributed by atoms with van der Waals surface area (Å²) in [7, 11) is 0. The molecule has 266 valence electrons. The Morgan fingerprint density at radius 2 is 0.455 bits per heavy atom. The fraction of sp³-hybridized carbons (Fsp3) is 1.00. The van der Waals surface area contributed by atoms with Crippen molar-refractivity contribution in [1.82, 2.24) is 0 Å². The number of alkyl halides is 1. The number of ether oxygens (including phenoxy) is 11. The molecule has 11 nitrogen and oxygen atoms in total. The van der Waals surface area contributed by atoms with Crippen molar-refractivity contribution in [3.63, 3.8) is 0 Å². The largest absolute Gasteiger partial charge is 0.379 e. The Morgan fingerprint density at radius 1 is 0.250 bits per heavy atom. The average Bonchev–Trinajstić information content (AvgIpc) is 3.04. The highest BCUT2D eigenvalue weighted by atomic mass is 19.1. The smallest absolute Gasteiger partial charge is 0.113 e. The Hall–Kier alpha value is -0.510. The second-order valence-corrected chi connectivity index (χ2v) is 9.90. The summed E-state index contributed by atoms with van der Waals surface area (Å²) in [5.74, 6) is 0. The first-order valence-corrected chi connectivity index (χ1v) is 16.8. The molecule has 0 fully saturated rings. The minimum Gasteiger partial charge on any atom is -0.379 e. The van der Waals surface area contributed by atoms with Crippen LogP contribution >= 0.6 is 0 Å². The van der Waals surface area contributed by atoms with E-state index in [1.54, 1.807) is 0 Å². The molecule has 0 heterocycles. The Morgan fingerprint density at radius 3 is 0.705 bits per heavy atom. The van der Waals surface area contributed by atoms with Crippen molar-refractivity contribution in [2.24, 2.45) is 0 Å². The zero-order valence-corrected chi connectivity index (χ0v) is 27.8. The molecule has 0 saturated carbocycles. The Bertz CT molecular complexity index is 453. The van der Waals surface area contributed by atoms with Gasteiger partial charge in [-0.3, -0.25) is 0 Å². The second kappa shape index (κ2) is 42.5. The summed E-state index contributed by atoms with van der Waals surface area (Å²) in [6.45, 7) is 13.1. The van der Waals surface area contributed by atoms with E-state index in [9.17, 15) is 4.39 Å². The van der Waals surface area contributed by atoms with Crippen LogP contribution in [0.5, 0.6) is 0 Å². The van der Waals surface area contributed by atoms with Crippen molar-refractivity contribution in [2.75, 3.05) is 152 Å². The van der Waals surface area contributed by atoms with Crippen LogP contribution in [0.2, 0.25) is 0 Å². The van der Waals surface area contributed by atoms with Gasteiger partial charge >= 0.3 is 0 Å². The molecule has 0 aromatic rings. The number of unbranched alkanes of at least 4 members (excludes halogenated alkanes) is 7. The van der Waals surface area contributed by atoms with Crippen LogP contribution in [-0.4, -0.2) is 152 Å². The van der Waals surface area contributed by atoms with E-state index in [1.165, 1.54) is 44.9 Å². The van der Waals surface area contributed by atoms with E-state index >= 15 is 0 Å². The summed E-state index contributed by atoms with van der Waals surface area (Å²) >= 11 is 0. The maximum atomic E-state index is 11.8. The van der Waals surface area contributed by atoms with Crippen molar-refractivity contribution in [1.29, 1.82) is 0 Å². The molecule has 0 bridgehead atoms. The Labute approximate surface area is 266 Å². The number of hydrogen-bond acceptors (Lipinski definition) is 11. The lowest BCUT2D eigenvalue weighted by molar-refractivity contribution is -0.0276. The maximum Gasteiger partial charge on any atom is 0.113 e. The molecule has 0 aliphatic heterocycles. The monoisotopic (exact) mass is 644 g/mol. The predicted octanol–water partition coefficient (Wildman–Crippen LogP) is 4.28. The molecular formula is C32H65FO11. The average molecular weight is 645 g/mol. The molecule has 0 aliphatic carbocycles. The predicted molar refractivity (Wildman–Crippen MR) is 168 cm³/mol. The van der Waals surface area contributed by atoms with Crippen LogP contribution in [-0.2, 0) is 52.1 Å². The highest BCUT2D eigenvalue weighted by Gasteiger charge is 1.97. The Balaban J connectivity index is 3.03. The van der Waals surface area contributed by atoms with Crippen LogP contribution in [0.1, 0.15) is 58.3 Å². The van der Waals surface area contributed by atoms with E-state index in [1.807, 2.05) is 0 Å². The summed E-state index contributed by atoms with van der Waals surface area (Å²) in [6.07, 6.45) is 10.5. The lowest BCUT2D eigenvalue weighted by Crippen LogP contribution is -2.15. The minimum absolute atomic E-state index is 0.117. The molecule has 0 saturated heterocycles. The van der Waals surface area contributed by atoms with Gasteiger partial charge in [-0.1, -0.05) is 51.9 Å². The molecule has 0 aromatic heterocycles. The van der Waals surface area contributed by atoms with Crippen molar-refractivity contribution in [2.45, 2.75) is 58.3 Å². The van der Waals surface area contributed by atoms with Gasteiger partial charge in [0, 0.05) is 6.61 Å². The van der Waals surface area contributed by atoms with Gasteiger partial charge in [-0.05, 0) is 6.42 Å². The van der Waals surface area contributed by atoms with Crippen LogP contribution in [0.25, 0.3) is 0 Å². The van der Waals surface area contributed by atoms with Crippen molar-refractivity contribution < 1.29 is 56.5 Å². The summed E-state index contributed by atoms with van der Waals surface area (Å²) in [6, 6.07) is 0. The fourth-order valence-electron chi connectivity index (χ4n) is 3.69. The molecule has 0 rings (SSSR count). The first-order valence-electron chi connectivity index (χ1n) is 16.8. The van der Waals surface area contributed by atoms with Crippen LogP contribution in [0, 0.1) is 0 Å². The highest BCUT2D eigenvalue weighted by molar-refractivity contribution is 4.46. The topological polar surface area (TPSA) is 102 Å². The van der Waals surface area contributed by atoms with Gasteiger partial charge in [0.15, 0.2) is 0 Å². The Kier molecular flexibility index (Phi) is 42.0. The summed E-state index contributed by atoms with van der Waals surface area (Å²) in [5, 5.41) is 0. The molecule has 44 heavy (non-hydrogen) atoms. The second-order valence-electron chi connectivity index (χ2n) is 9.90. The molecule has 0 unspecified atom stereocenters. The highest BCUT2D eigenvalue weighted by Crippen LogP contribution is 2.08. The zero-order chi connectivity index (χ0) is 31.7. The third-order valence-corrected chi connectivity index (χ3v) is 6.08. The molecule has 0 radical (unpaired) electrons. The molecule has 0 atom stereocenters. The van der Waals surface area contributed by atoms with Crippen LogP contribution in [0.4, 0.5) is 4.39 Å². The van der Waals surface area contributed by atoms with E-state index < -0.39 is 6.67 Å². The van der Waals surface area contributed by atoms with Gasteiger partial charge in [-0.2, -0.15) is 0 Å². The van der Waals surface area contributed by atoms with Gasteiger partial charge in [-0.25, -0.2) is 4.39 Å². The van der Waals surface area contributed by atoms with Crippen molar-refractivity contribution in [3.05, 3.63) is 0 Å². The zero-order valence-electron chi connectivity index (χ0n) is 27.8. The quantitative estimate of drug-likeness (QED) is 0.0892. The first-order chi connectivity index (χ1) is 21.9. The van der Waals surface area contributed by atoms with E-state index in [0.29, 0.717) is 132 Å². The van der Waals surface area contributed by atoms with E-state index in [-0.39, 0.29) is 6.61 Å². The maximum absolute atomic E-state index is 11.8. The van der Waals surface area contributed by atoms with Crippen LogP contribution in [0.15, 0.2) is 0 Å². The van der Waals surface area contributed by atoms with E-state index in [4.69, 9.17) is 52.1 Å². The minimum atomic E-state index is -0.471. The third-order valence-electron chi connectivity index (χ3n) is 6.08. The fourth-order valence-corrected chi connectivity index (χ4v) is 3.69. The van der Waals surface area contributed by atoms with Crippen LogP contribution < -0.4 is 0 Å². The van der Waals surface area contributed by atoms with Gasteiger partial charge < -0.3 is 52.1 Å². The van der Waals surface area contributed by atoms with Gasteiger partial charge in [0.25, 0.3) is 0 Å². The number of hydrogen-bond donors (Lipinski definition) is 0. The molecule has 12 heteroatoms. The van der Waals surface area contributed by atoms with E-state index in [0.717, 1.165) is 13.0 Å². The summed E-state index contributed by atoms with van der Waals surface area (Å²) in [4.78, 5) is 0. The molecule has 0 spiro atoms. The summed E-state index contributed by atoms with van der Waals surface area (Å²) in [5.41, 5.74) is 0. The normalized spacial score (nSPS) is 11.6. The third kappa shape index (κ3) is 41.5. The molecule has 0 amide bonds. The van der Waals surface area contributed by atoms with Crippen LogP contribution in [0.3, 0.4) is 0 Å². The lowest BCUT2D eigenvalue weighted by atomic mass is 10.1. The molecule has 0 N–H and O–H groups in total. The van der Waals surface area contributed by atoms with Crippen molar-refractivity contribution in [3.8, 4) is 0 Å².